The molecule has 1 aromatic heterocycles. The fourth-order valence-corrected chi connectivity index (χ4v) is 2.76. The summed E-state index contributed by atoms with van der Waals surface area (Å²) in [6.07, 6.45) is 0. The Morgan fingerprint density at radius 1 is 1.04 bits per heavy atom. The van der Waals surface area contributed by atoms with Crippen LogP contribution >= 0.6 is 11.6 Å². The number of ether oxygens (including phenoxy) is 1. The van der Waals surface area contributed by atoms with Crippen molar-refractivity contribution < 1.29 is 14.1 Å². The van der Waals surface area contributed by atoms with Gasteiger partial charge in [0.05, 0.1) is 4.92 Å². The highest BCUT2D eigenvalue weighted by Gasteiger charge is 2.09. The summed E-state index contributed by atoms with van der Waals surface area (Å²) >= 11 is 5.97. The van der Waals surface area contributed by atoms with Gasteiger partial charge in [-0.05, 0) is 60.2 Å². The Kier molecular flexibility index (Phi) is 4.48. The largest absolute Gasteiger partial charge is 0.489 e. The quantitative estimate of drug-likeness (QED) is 0.331. The van der Waals surface area contributed by atoms with Crippen LogP contribution < -0.4 is 4.74 Å². The summed E-state index contributed by atoms with van der Waals surface area (Å²) in [5, 5.41) is 11.3. The van der Waals surface area contributed by atoms with E-state index in [4.69, 9.17) is 20.8 Å². The number of aromatic nitrogens is 1. The first kappa shape index (κ1) is 17.1. The van der Waals surface area contributed by atoms with Crippen molar-refractivity contribution >= 4 is 28.4 Å². The highest BCUT2D eigenvalue weighted by Crippen LogP contribution is 2.27. The number of rotatable bonds is 5. The summed E-state index contributed by atoms with van der Waals surface area (Å²) < 4.78 is 11.5. The van der Waals surface area contributed by atoms with Gasteiger partial charge < -0.3 is 9.15 Å². The molecule has 3 aromatic carbocycles. The van der Waals surface area contributed by atoms with Gasteiger partial charge in [-0.1, -0.05) is 11.6 Å². The third kappa shape index (κ3) is 3.75. The van der Waals surface area contributed by atoms with Crippen LogP contribution in [0.3, 0.4) is 0 Å². The Labute approximate surface area is 159 Å². The van der Waals surface area contributed by atoms with Gasteiger partial charge in [0.25, 0.3) is 5.69 Å². The van der Waals surface area contributed by atoms with Crippen LogP contribution in [0, 0.1) is 10.1 Å². The first-order chi connectivity index (χ1) is 13.1. The first-order valence-corrected chi connectivity index (χ1v) is 8.49. The molecule has 7 heteroatoms. The standard InChI is InChI=1S/C20H13ClN2O4/c21-15-5-10-19-18(11-15)22-20(27-19)14-3-8-17(9-4-14)26-12-13-1-6-16(7-2-13)23(24)25/h1-11H,12H2. The monoisotopic (exact) mass is 380 g/mol. The van der Waals surface area contributed by atoms with Crippen LogP contribution in [0.5, 0.6) is 5.75 Å². The number of halogens is 1. The van der Waals surface area contributed by atoms with Crippen molar-refractivity contribution in [3.8, 4) is 17.2 Å². The molecule has 0 saturated heterocycles. The second-order valence-electron chi connectivity index (χ2n) is 5.87. The third-order valence-corrected chi connectivity index (χ3v) is 4.24. The predicted octanol–water partition coefficient (Wildman–Crippen LogP) is 5.64. The number of nitro benzene ring substituents is 1. The van der Waals surface area contributed by atoms with Crippen LogP contribution in [0.4, 0.5) is 5.69 Å². The second kappa shape index (κ2) is 7.09. The van der Waals surface area contributed by atoms with Gasteiger partial charge in [-0.2, -0.15) is 0 Å². The van der Waals surface area contributed by atoms with Crippen molar-refractivity contribution in [2.24, 2.45) is 0 Å². The van der Waals surface area contributed by atoms with Gasteiger partial charge in [-0.15, -0.1) is 0 Å². The zero-order valence-corrected chi connectivity index (χ0v) is 14.7. The third-order valence-electron chi connectivity index (χ3n) is 4.00. The van der Waals surface area contributed by atoms with Crippen molar-refractivity contribution in [1.82, 2.24) is 4.98 Å². The molecule has 1 heterocycles. The number of hydrogen-bond donors (Lipinski definition) is 0. The molecular formula is C20H13ClN2O4. The average Bonchev–Trinajstić information content (AvgIpc) is 3.10. The lowest BCUT2D eigenvalue weighted by Crippen LogP contribution is -1.96. The van der Waals surface area contributed by atoms with E-state index < -0.39 is 4.92 Å². The number of fused-ring (bicyclic) bond motifs is 1. The van der Waals surface area contributed by atoms with Crippen LogP contribution in [0.1, 0.15) is 5.56 Å². The summed E-state index contributed by atoms with van der Waals surface area (Å²) in [6.45, 7) is 0.318. The Morgan fingerprint density at radius 3 is 2.48 bits per heavy atom. The number of non-ortho nitro benzene ring substituents is 1. The van der Waals surface area contributed by atoms with Crippen molar-refractivity contribution in [3.05, 3.63) is 87.4 Å². The van der Waals surface area contributed by atoms with Gasteiger partial charge in [-0.25, -0.2) is 4.98 Å². The van der Waals surface area contributed by atoms with Crippen LogP contribution in [-0.4, -0.2) is 9.91 Å². The summed E-state index contributed by atoms with van der Waals surface area (Å²) in [5.74, 6) is 1.19. The number of nitro groups is 1. The first-order valence-electron chi connectivity index (χ1n) is 8.11. The molecule has 0 radical (unpaired) electrons. The van der Waals surface area contributed by atoms with Gasteiger partial charge in [0.2, 0.25) is 5.89 Å². The molecule has 0 fully saturated rings. The van der Waals surface area contributed by atoms with E-state index in [2.05, 4.69) is 4.98 Å². The van der Waals surface area contributed by atoms with E-state index in [1.54, 1.807) is 30.3 Å². The molecule has 0 saturated carbocycles. The zero-order valence-electron chi connectivity index (χ0n) is 14.0. The molecule has 0 aliphatic heterocycles. The highest BCUT2D eigenvalue weighted by molar-refractivity contribution is 6.31. The molecule has 0 unspecified atom stereocenters. The minimum atomic E-state index is -0.427. The van der Waals surface area contributed by atoms with Gasteiger partial charge in [0.1, 0.15) is 17.9 Å². The van der Waals surface area contributed by atoms with Crippen LogP contribution in [0.25, 0.3) is 22.6 Å². The van der Waals surface area contributed by atoms with Crippen molar-refractivity contribution in [1.29, 1.82) is 0 Å². The van der Waals surface area contributed by atoms with Crippen molar-refractivity contribution in [3.63, 3.8) is 0 Å². The highest BCUT2D eigenvalue weighted by atomic mass is 35.5. The van der Waals surface area contributed by atoms with Crippen LogP contribution in [0.2, 0.25) is 5.02 Å². The summed E-state index contributed by atoms with van der Waals surface area (Å²) in [6, 6.07) is 18.9. The molecule has 6 nitrogen and oxygen atoms in total. The lowest BCUT2D eigenvalue weighted by molar-refractivity contribution is -0.384. The normalized spacial score (nSPS) is 10.9. The Morgan fingerprint density at radius 2 is 1.78 bits per heavy atom. The maximum absolute atomic E-state index is 10.7. The SMILES string of the molecule is O=[N+]([O-])c1ccc(COc2ccc(-c3nc4cc(Cl)ccc4o3)cc2)cc1. The number of nitrogens with zero attached hydrogens (tertiary/aromatic N) is 2. The molecule has 27 heavy (non-hydrogen) atoms. The smallest absolute Gasteiger partial charge is 0.269 e. The molecule has 0 aliphatic carbocycles. The maximum Gasteiger partial charge on any atom is 0.269 e. The number of benzene rings is 3. The van der Waals surface area contributed by atoms with Gasteiger partial charge in [-0.3, -0.25) is 10.1 Å². The van der Waals surface area contributed by atoms with Gasteiger partial charge in [0.15, 0.2) is 5.58 Å². The molecule has 0 amide bonds. The molecule has 0 spiro atoms. The van der Waals surface area contributed by atoms with Crippen LogP contribution in [0.15, 0.2) is 71.1 Å². The van der Waals surface area contributed by atoms with Crippen LogP contribution in [-0.2, 0) is 6.61 Å². The fraction of sp³-hybridized carbons (Fsp3) is 0.0500. The lowest BCUT2D eigenvalue weighted by atomic mass is 10.2. The summed E-state index contributed by atoms with van der Waals surface area (Å²) in [5.41, 5.74) is 3.11. The molecule has 4 aromatic rings. The molecule has 0 N–H and O–H groups in total. The van der Waals surface area contributed by atoms with Crippen molar-refractivity contribution in [2.75, 3.05) is 0 Å². The summed E-state index contributed by atoms with van der Waals surface area (Å²) in [7, 11) is 0. The molecule has 134 valence electrons. The lowest BCUT2D eigenvalue weighted by Gasteiger charge is -2.06. The van der Waals surface area contributed by atoms with E-state index in [1.807, 2.05) is 24.3 Å². The van der Waals surface area contributed by atoms with Gasteiger partial charge in [0, 0.05) is 22.7 Å². The Bertz CT molecular complexity index is 1110. The number of hydrogen-bond acceptors (Lipinski definition) is 5. The Hall–Kier alpha value is -3.38. The van der Waals surface area contributed by atoms with E-state index in [1.165, 1.54) is 12.1 Å². The maximum atomic E-state index is 10.7. The average molecular weight is 381 g/mol. The predicted molar refractivity (Wildman–Crippen MR) is 102 cm³/mol. The van der Waals surface area contributed by atoms with E-state index >= 15 is 0 Å². The van der Waals surface area contributed by atoms with Crippen molar-refractivity contribution in [2.45, 2.75) is 6.61 Å². The van der Waals surface area contributed by atoms with E-state index in [-0.39, 0.29) is 5.69 Å². The number of oxazole rings is 1. The zero-order chi connectivity index (χ0) is 18.8. The molecule has 0 aliphatic rings. The van der Waals surface area contributed by atoms with E-state index in [9.17, 15) is 10.1 Å². The van der Waals surface area contributed by atoms with E-state index in [0.717, 1.165) is 11.1 Å². The molecule has 4 rings (SSSR count). The fourth-order valence-electron chi connectivity index (χ4n) is 2.60. The topological polar surface area (TPSA) is 78.4 Å². The molecular weight excluding hydrogens is 368 g/mol. The second-order valence-corrected chi connectivity index (χ2v) is 6.30. The summed E-state index contributed by atoms with van der Waals surface area (Å²) in [4.78, 5) is 14.7. The van der Waals surface area contributed by atoms with E-state index in [0.29, 0.717) is 34.4 Å². The minimum absolute atomic E-state index is 0.0581. The van der Waals surface area contributed by atoms with Gasteiger partial charge >= 0.3 is 0 Å². The Balaban J connectivity index is 1.45. The molecule has 0 bridgehead atoms. The minimum Gasteiger partial charge on any atom is -0.489 e. The molecule has 0 atom stereocenters.